The largest absolute Gasteiger partial charge is 0.469 e. The van der Waals surface area contributed by atoms with Crippen molar-refractivity contribution in [2.45, 2.75) is 18.9 Å². The second-order valence-corrected chi connectivity index (χ2v) is 2.65. The van der Waals surface area contributed by atoms with Gasteiger partial charge < -0.3 is 14.6 Å². The predicted molar refractivity (Wildman–Crippen MR) is 48.4 cm³/mol. The van der Waals surface area contributed by atoms with Crippen LogP contribution in [0, 0.1) is 0 Å². The van der Waals surface area contributed by atoms with E-state index in [-0.39, 0.29) is 18.4 Å². The first-order chi connectivity index (χ1) is 6.52. The second kappa shape index (κ2) is 6.15. The summed E-state index contributed by atoms with van der Waals surface area (Å²) in [6.45, 7) is 3.35. The average Bonchev–Trinajstić information content (AvgIpc) is 2.22. The van der Waals surface area contributed by atoms with Crippen LogP contribution in [0.2, 0.25) is 0 Å². The molecule has 0 fully saturated rings. The summed E-state index contributed by atoms with van der Waals surface area (Å²) in [5.74, 6) is -1.12. The van der Waals surface area contributed by atoms with E-state index in [2.05, 4.69) is 16.1 Å². The van der Waals surface area contributed by atoms with Gasteiger partial charge in [-0.3, -0.25) is 4.79 Å². The quantitative estimate of drug-likeness (QED) is 0.503. The summed E-state index contributed by atoms with van der Waals surface area (Å²) in [6.07, 6.45) is -0.935. The summed E-state index contributed by atoms with van der Waals surface area (Å²) in [5, 5.41) is 9.36. The summed E-state index contributed by atoms with van der Waals surface area (Å²) in [6, 6.07) is 0. The molecule has 0 saturated heterocycles. The molecule has 0 aromatic carbocycles. The number of hydrogen-bond donors (Lipinski definition) is 1. The summed E-state index contributed by atoms with van der Waals surface area (Å²) in [7, 11) is 2.45. The number of carbonyl (C=O) groups is 2. The van der Waals surface area contributed by atoms with Crippen molar-refractivity contribution in [2.75, 3.05) is 14.2 Å². The van der Waals surface area contributed by atoms with Gasteiger partial charge in [0.05, 0.1) is 25.9 Å². The molecule has 1 unspecified atom stereocenters. The van der Waals surface area contributed by atoms with Crippen molar-refractivity contribution in [3.8, 4) is 0 Å². The van der Waals surface area contributed by atoms with Crippen molar-refractivity contribution < 1.29 is 24.2 Å². The van der Waals surface area contributed by atoms with Crippen molar-refractivity contribution in [1.82, 2.24) is 0 Å². The minimum absolute atomic E-state index is 0.0354. The first kappa shape index (κ1) is 12.6. The number of ether oxygens (including phenoxy) is 2. The van der Waals surface area contributed by atoms with Gasteiger partial charge in [0.25, 0.3) is 0 Å². The Hall–Kier alpha value is -1.36. The van der Waals surface area contributed by atoms with Gasteiger partial charge in [0.15, 0.2) is 0 Å². The molecule has 14 heavy (non-hydrogen) atoms. The highest BCUT2D eigenvalue weighted by atomic mass is 16.5. The molecule has 0 spiro atoms. The van der Waals surface area contributed by atoms with Crippen molar-refractivity contribution in [2.24, 2.45) is 0 Å². The molecule has 0 aliphatic heterocycles. The van der Waals surface area contributed by atoms with Gasteiger partial charge >= 0.3 is 11.9 Å². The van der Waals surface area contributed by atoms with Crippen LogP contribution in [-0.2, 0) is 19.1 Å². The van der Waals surface area contributed by atoms with Crippen LogP contribution < -0.4 is 0 Å². The third-order valence-corrected chi connectivity index (χ3v) is 1.70. The van der Waals surface area contributed by atoms with Crippen molar-refractivity contribution in [3.05, 3.63) is 12.2 Å². The molecule has 0 rings (SSSR count). The molecule has 0 saturated carbocycles. The monoisotopic (exact) mass is 202 g/mol. The van der Waals surface area contributed by atoms with Crippen molar-refractivity contribution >= 4 is 11.9 Å². The Bertz CT molecular complexity index is 233. The molecule has 0 bridgehead atoms. The molecule has 0 heterocycles. The van der Waals surface area contributed by atoms with Gasteiger partial charge in [0, 0.05) is 6.42 Å². The standard InChI is InChI=1S/C9H14O5/c1-6(9(12)14-3)7(10)4-5-8(11)13-2/h7,10H,1,4-5H2,2-3H3. The number of hydrogen-bond acceptors (Lipinski definition) is 5. The van der Waals surface area contributed by atoms with E-state index in [1.807, 2.05) is 0 Å². The van der Waals surface area contributed by atoms with Gasteiger partial charge in [-0.15, -0.1) is 0 Å². The van der Waals surface area contributed by atoms with Gasteiger partial charge in [0.2, 0.25) is 0 Å². The smallest absolute Gasteiger partial charge is 0.335 e. The van der Waals surface area contributed by atoms with Gasteiger partial charge in [-0.2, -0.15) is 0 Å². The molecule has 0 amide bonds. The second-order valence-electron chi connectivity index (χ2n) is 2.65. The highest BCUT2D eigenvalue weighted by molar-refractivity contribution is 5.88. The van der Waals surface area contributed by atoms with E-state index < -0.39 is 18.0 Å². The Labute approximate surface area is 82.3 Å². The zero-order valence-electron chi connectivity index (χ0n) is 8.28. The van der Waals surface area contributed by atoms with Crippen LogP contribution in [0.4, 0.5) is 0 Å². The Balaban J connectivity index is 3.96. The van der Waals surface area contributed by atoms with Crippen LogP contribution in [0.3, 0.4) is 0 Å². The lowest BCUT2D eigenvalue weighted by atomic mass is 10.1. The number of carbonyl (C=O) groups excluding carboxylic acids is 2. The van der Waals surface area contributed by atoms with E-state index in [1.165, 1.54) is 14.2 Å². The lowest BCUT2D eigenvalue weighted by molar-refractivity contribution is -0.142. The lowest BCUT2D eigenvalue weighted by Gasteiger charge is -2.10. The summed E-state index contributed by atoms with van der Waals surface area (Å²) >= 11 is 0. The molecule has 0 aliphatic carbocycles. The molecule has 0 aromatic rings. The van der Waals surface area contributed by atoms with E-state index >= 15 is 0 Å². The highest BCUT2D eigenvalue weighted by Gasteiger charge is 2.17. The fourth-order valence-corrected chi connectivity index (χ4v) is 0.798. The molecule has 80 valence electrons. The number of methoxy groups -OCH3 is 2. The predicted octanol–water partition coefficient (Wildman–Crippen LogP) is 0.0297. The van der Waals surface area contributed by atoms with E-state index in [9.17, 15) is 14.7 Å². The molecule has 5 heteroatoms. The minimum Gasteiger partial charge on any atom is -0.469 e. The van der Waals surface area contributed by atoms with Crippen LogP contribution >= 0.6 is 0 Å². The number of aliphatic hydroxyl groups excluding tert-OH is 1. The van der Waals surface area contributed by atoms with Crippen molar-refractivity contribution in [1.29, 1.82) is 0 Å². The fraction of sp³-hybridized carbons (Fsp3) is 0.556. The van der Waals surface area contributed by atoms with E-state index in [4.69, 9.17) is 0 Å². The van der Waals surface area contributed by atoms with Crippen LogP contribution in [0.5, 0.6) is 0 Å². The van der Waals surface area contributed by atoms with Crippen LogP contribution in [-0.4, -0.2) is 37.4 Å². The van der Waals surface area contributed by atoms with Gasteiger partial charge in [-0.05, 0) is 6.42 Å². The maximum atomic E-state index is 10.9. The van der Waals surface area contributed by atoms with Crippen molar-refractivity contribution in [3.63, 3.8) is 0 Å². The summed E-state index contributed by atoms with van der Waals surface area (Å²) in [5.41, 5.74) is -0.0589. The Morgan fingerprint density at radius 2 is 1.93 bits per heavy atom. The highest BCUT2D eigenvalue weighted by Crippen LogP contribution is 2.08. The first-order valence-electron chi connectivity index (χ1n) is 4.05. The topological polar surface area (TPSA) is 72.8 Å². The molecule has 0 aliphatic rings. The number of aliphatic hydroxyl groups is 1. The SMILES string of the molecule is C=C(C(=O)OC)C(O)CCC(=O)OC. The first-order valence-corrected chi connectivity index (χ1v) is 4.05. The molecule has 0 aromatic heterocycles. The Morgan fingerprint density at radius 1 is 1.36 bits per heavy atom. The summed E-state index contributed by atoms with van der Waals surface area (Å²) < 4.78 is 8.72. The minimum atomic E-state index is -1.07. The van der Waals surface area contributed by atoms with Gasteiger partial charge in [-0.1, -0.05) is 6.58 Å². The number of rotatable bonds is 5. The van der Waals surface area contributed by atoms with Crippen LogP contribution in [0.25, 0.3) is 0 Å². The summed E-state index contributed by atoms with van der Waals surface area (Å²) in [4.78, 5) is 21.6. The lowest BCUT2D eigenvalue weighted by Crippen LogP contribution is -2.19. The maximum absolute atomic E-state index is 10.9. The Kier molecular flexibility index (Phi) is 5.55. The number of esters is 2. The van der Waals surface area contributed by atoms with Gasteiger partial charge in [0.1, 0.15) is 0 Å². The molecule has 1 atom stereocenters. The van der Waals surface area contributed by atoms with E-state index in [1.54, 1.807) is 0 Å². The Morgan fingerprint density at radius 3 is 2.36 bits per heavy atom. The fourth-order valence-electron chi connectivity index (χ4n) is 0.798. The third kappa shape index (κ3) is 4.04. The average molecular weight is 202 g/mol. The molecule has 1 N–H and O–H groups in total. The maximum Gasteiger partial charge on any atom is 0.335 e. The van der Waals surface area contributed by atoms with Crippen LogP contribution in [0.1, 0.15) is 12.8 Å². The van der Waals surface area contributed by atoms with Gasteiger partial charge in [-0.25, -0.2) is 4.79 Å². The molecular formula is C9H14O5. The van der Waals surface area contributed by atoms with Crippen LogP contribution in [0.15, 0.2) is 12.2 Å². The van der Waals surface area contributed by atoms with E-state index in [0.29, 0.717) is 0 Å². The third-order valence-electron chi connectivity index (χ3n) is 1.70. The zero-order chi connectivity index (χ0) is 11.1. The molecule has 0 radical (unpaired) electrons. The molecule has 5 nitrogen and oxygen atoms in total. The van der Waals surface area contributed by atoms with E-state index in [0.717, 1.165) is 0 Å². The molecular weight excluding hydrogens is 188 g/mol. The normalized spacial score (nSPS) is 11.6. The zero-order valence-corrected chi connectivity index (χ0v) is 8.28.